The molecule has 2 aliphatic rings. The van der Waals surface area contributed by atoms with Gasteiger partial charge in [0.05, 0.1) is 13.2 Å². The van der Waals surface area contributed by atoms with Gasteiger partial charge in [0.25, 0.3) is 5.91 Å². The van der Waals surface area contributed by atoms with Crippen LogP contribution in [0, 0.1) is 0 Å². The van der Waals surface area contributed by atoms with Crippen molar-refractivity contribution in [1.29, 1.82) is 0 Å². The molecule has 2 aromatic carbocycles. The molecule has 2 aromatic rings. The van der Waals surface area contributed by atoms with Gasteiger partial charge in [0, 0.05) is 43.1 Å². The van der Waals surface area contributed by atoms with Crippen LogP contribution in [0.1, 0.15) is 21.5 Å². The van der Waals surface area contributed by atoms with E-state index in [9.17, 15) is 4.79 Å². The van der Waals surface area contributed by atoms with E-state index in [2.05, 4.69) is 27.7 Å². The van der Waals surface area contributed by atoms with Crippen LogP contribution in [0.15, 0.2) is 42.5 Å². The molecule has 5 nitrogen and oxygen atoms in total. The number of amides is 1. The highest BCUT2D eigenvalue weighted by Crippen LogP contribution is 2.23. The molecule has 0 atom stereocenters. The van der Waals surface area contributed by atoms with E-state index in [1.54, 1.807) is 0 Å². The Balaban J connectivity index is 1.38. The second-order valence-corrected chi connectivity index (χ2v) is 6.59. The number of nitrogens with one attached hydrogen (secondary N) is 2. The number of benzene rings is 2. The molecule has 0 spiro atoms. The number of fused-ring (bicyclic) bond motifs is 1. The van der Waals surface area contributed by atoms with Crippen molar-refractivity contribution in [2.24, 2.45) is 0 Å². The fourth-order valence-corrected chi connectivity index (χ4v) is 3.36. The van der Waals surface area contributed by atoms with E-state index in [-0.39, 0.29) is 5.91 Å². The van der Waals surface area contributed by atoms with Crippen molar-refractivity contribution in [3.05, 3.63) is 59.2 Å². The van der Waals surface area contributed by atoms with Gasteiger partial charge in [-0.1, -0.05) is 12.1 Å². The molecule has 1 saturated heterocycles. The van der Waals surface area contributed by atoms with Gasteiger partial charge >= 0.3 is 0 Å². The van der Waals surface area contributed by atoms with Crippen LogP contribution in [0.2, 0.25) is 0 Å². The van der Waals surface area contributed by atoms with Crippen molar-refractivity contribution in [3.63, 3.8) is 0 Å². The van der Waals surface area contributed by atoms with Gasteiger partial charge in [-0.05, 0) is 47.9 Å². The van der Waals surface area contributed by atoms with E-state index < -0.39 is 0 Å². The van der Waals surface area contributed by atoms with Crippen LogP contribution in [-0.2, 0) is 17.7 Å². The molecule has 1 amide bonds. The average molecular weight is 337 g/mol. The molecule has 2 N–H and O–H groups in total. The second-order valence-electron chi connectivity index (χ2n) is 6.59. The fourth-order valence-electron chi connectivity index (χ4n) is 3.36. The Morgan fingerprint density at radius 2 is 1.92 bits per heavy atom. The standard InChI is InChI=1S/C20H23N3O2/c24-20(17-3-6-19-16(13-17)7-8-21-19)22-18-4-1-15(2-5-18)14-23-9-11-25-12-10-23/h1-6,13,21H,7-12,14H2,(H,22,24). The summed E-state index contributed by atoms with van der Waals surface area (Å²) in [6, 6.07) is 14.0. The lowest BCUT2D eigenvalue weighted by Crippen LogP contribution is -2.35. The summed E-state index contributed by atoms with van der Waals surface area (Å²) < 4.78 is 5.38. The molecule has 2 heterocycles. The predicted octanol–water partition coefficient (Wildman–Crippen LogP) is 2.74. The zero-order valence-corrected chi connectivity index (χ0v) is 14.3. The Hall–Kier alpha value is -2.37. The first-order valence-electron chi connectivity index (χ1n) is 8.85. The molecule has 25 heavy (non-hydrogen) atoms. The third-order valence-electron chi connectivity index (χ3n) is 4.80. The summed E-state index contributed by atoms with van der Waals surface area (Å²) in [5.41, 5.74) is 5.15. The Morgan fingerprint density at radius 1 is 1.12 bits per heavy atom. The van der Waals surface area contributed by atoms with E-state index in [1.165, 1.54) is 11.1 Å². The number of carbonyl (C=O) groups is 1. The molecule has 4 rings (SSSR count). The van der Waals surface area contributed by atoms with Crippen molar-refractivity contribution in [1.82, 2.24) is 4.90 Å². The number of rotatable bonds is 4. The van der Waals surface area contributed by atoms with Crippen LogP contribution < -0.4 is 10.6 Å². The quantitative estimate of drug-likeness (QED) is 0.901. The van der Waals surface area contributed by atoms with Crippen LogP contribution in [0.5, 0.6) is 0 Å². The minimum atomic E-state index is -0.0596. The average Bonchev–Trinajstić information content (AvgIpc) is 3.12. The van der Waals surface area contributed by atoms with Crippen LogP contribution in [0.4, 0.5) is 11.4 Å². The van der Waals surface area contributed by atoms with E-state index in [1.807, 2.05) is 30.3 Å². The topological polar surface area (TPSA) is 53.6 Å². The monoisotopic (exact) mass is 337 g/mol. The van der Waals surface area contributed by atoms with Crippen LogP contribution in [0.3, 0.4) is 0 Å². The molecule has 0 radical (unpaired) electrons. The van der Waals surface area contributed by atoms with Crippen LogP contribution >= 0.6 is 0 Å². The number of nitrogens with zero attached hydrogens (tertiary/aromatic N) is 1. The molecule has 130 valence electrons. The molecule has 0 aliphatic carbocycles. The largest absolute Gasteiger partial charge is 0.384 e. The van der Waals surface area contributed by atoms with Gasteiger partial charge < -0.3 is 15.4 Å². The molecule has 1 fully saturated rings. The zero-order valence-electron chi connectivity index (χ0n) is 14.3. The molecular weight excluding hydrogens is 314 g/mol. The number of anilines is 2. The Labute approximate surface area is 148 Å². The number of hydrogen-bond acceptors (Lipinski definition) is 4. The molecule has 0 bridgehead atoms. The maximum atomic E-state index is 12.5. The van der Waals surface area contributed by atoms with E-state index in [4.69, 9.17) is 4.74 Å². The Kier molecular flexibility index (Phi) is 4.68. The summed E-state index contributed by atoms with van der Waals surface area (Å²) in [5.74, 6) is -0.0596. The molecule has 0 aromatic heterocycles. The first-order valence-corrected chi connectivity index (χ1v) is 8.85. The van der Waals surface area contributed by atoms with Crippen LogP contribution in [0.25, 0.3) is 0 Å². The van der Waals surface area contributed by atoms with E-state index in [0.717, 1.165) is 57.2 Å². The molecule has 2 aliphatic heterocycles. The van der Waals surface area contributed by atoms with Crippen molar-refractivity contribution in [3.8, 4) is 0 Å². The summed E-state index contributed by atoms with van der Waals surface area (Å²) >= 11 is 0. The first-order chi connectivity index (χ1) is 12.3. The van der Waals surface area contributed by atoms with Gasteiger partial charge in [0.2, 0.25) is 0 Å². The minimum absolute atomic E-state index is 0.0596. The third kappa shape index (κ3) is 3.83. The van der Waals surface area contributed by atoms with Crippen molar-refractivity contribution >= 4 is 17.3 Å². The van der Waals surface area contributed by atoms with Crippen molar-refractivity contribution < 1.29 is 9.53 Å². The lowest BCUT2D eigenvalue weighted by Gasteiger charge is -2.26. The minimum Gasteiger partial charge on any atom is -0.384 e. The Morgan fingerprint density at radius 3 is 2.72 bits per heavy atom. The number of carbonyl (C=O) groups excluding carboxylic acids is 1. The zero-order chi connectivity index (χ0) is 17.1. The first kappa shape index (κ1) is 16.1. The maximum absolute atomic E-state index is 12.5. The molecule has 0 saturated carbocycles. The molecule has 5 heteroatoms. The highest BCUT2D eigenvalue weighted by atomic mass is 16.5. The van der Waals surface area contributed by atoms with Crippen molar-refractivity contribution in [2.45, 2.75) is 13.0 Å². The second kappa shape index (κ2) is 7.25. The summed E-state index contributed by atoms with van der Waals surface area (Å²) in [5, 5.41) is 6.30. The van der Waals surface area contributed by atoms with Gasteiger partial charge in [0.15, 0.2) is 0 Å². The lowest BCUT2D eigenvalue weighted by molar-refractivity contribution is 0.0342. The van der Waals surface area contributed by atoms with E-state index in [0.29, 0.717) is 5.56 Å². The number of hydrogen-bond donors (Lipinski definition) is 2. The normalized spacial score (nSPS) is 17.0. The van der Waals surface area contributed by atoms with Gasteiger partial charge in [-0.25, -0.2) is 0 Å². The number of ether oxygens (including phenoxy) is 1. The summed E-state index contributed by atoms with van der Waals surface area (Å²) in [6.45, 7) is 5.45. The van der Waals surface area contributed by atoms with Gasteiger partial charge in [-0.2, -0.15) is 0 Å². The Bertz CT molecular complexity index is 752. The van der Waals surface area contributed by atoms with E-state index >= 15 is 0 Å². The van der Waals surface area contributed by atoms with Gasteiger partial charge in [-0.15, -0.1) is 0 Å². The lowest BCUT2D eigenvalue weighted by atomic mass is 10.1. The SMILES string of the molecule is O=C(Nc1ccc(CN2CCOCC2)cc1)c1ccc2c(c1)CCN2. The summed E-state index contributed by atoms with van der Waals surface area (Å²) in [4.78, 5) is 14.8. The highest BCUT2D eigenvalue weighted by Gasteiger charge is 2.14. The molecule has 0 unspecified atom stereocenters. The molecular formula is C20H23N3O2. The number of morpholine rings is 1. The van der Waals surface area contributed by atoms with Crippen LogP contribution in [-0.4, -0.2) is 43.7 Å². The van der Waals surface area contributed by atoms with Gasteiger partial charge in [-0.3, -0.25) is 9.69 Å². The maximum Gasteiger partial charge on any atom is 0.255 e. The predicted molar refractivity (Wildman–Crippen MR) is 99.1 cm³/mol. The smallest absolute Gasteiger partial charge is 0.255 e. The van der Waals surface area contributed by atoms with Crippen molar-refractivity contribution in [2.75, 3.05) is 43.5 Å². The summed E-state index contributed by atoms with van der Waals surface area (Å²) in [6.07, 6.45) is 0.979. The highest BCUT2D eigenvalue weighted by molar-refractivity contribution is 6.04. The third-order valence-corrected chi connectivity index (χ3v) is 4.80. The summed E-state index contributed by atoms with van der Waals surface area (Å²) in [7, 11) is 0. The fraction of sp³-hybridized carbons (Fsp3) is 0.350. The van der Waals surface area contributed by atoms with Gasteiger partial charge in [0.1, 0.15) is 0 Å².